The molecule has 2 N–H and O–H groups in total. The summed E-state index contributed by atoms with van der Waals surface area (Å²) in [5.74, 6) is -1.38. The Morgan fingerprint density at radius 2 is 1.96 bits per heavy atom. The van der Waals surface area contributed by atoms with Crippen molar-refractivity contribution in [2.45, 2.75) is 24.8 Å². The molecule has 1 fully saturated rings. The van der Waals surface area contributed by atoms with Crippen molar-refractivity contribution in [2.75, 3.05) is 13.2 Å². The number of amides is 1. The first kappa shape index (κ1) is 16.1. The predicted molar refractivity (Wildman–Crippen MR) is 83.9 cm³/mol. The van der Waals surface area contributed by atoms with Crippen molar-refractivity contribution in [3.8, 4) is 5.69 Å². The number of benzene rings is 1. The Hall–Kier alpha value is -2.74. The molecular weight excluding hydrogens is 312 g/mol. The standard InChI is InChI=1S/C16H18N4O4/c21-14(22)10-16(6-8-24-9-7-16)18-15(23)13-11-17-20(19-13)12-4-2-1-3-5-12/h1-5,11H,6-10H2,(H,18,23)(H,21,22). The molecule has 0 radical (unpaired) electrons. The van der Waals surface area contributed by atoms with E-state index in [4.69, 9.17) is 9.84 Å². The van der Waals surface area contributed by atoms with Gasteiger partial charge in [-0.2, -0.15) is 9.90 Å². The minimum atomic E-state index is -0.954. The van der Waals surface area contributed by atoms with Crippen LogP contribution in [0.1, 0.15) is 29.8 Å². The van der Waals surface area contributed by atoms with Crippen molar-refractivity contribution in [2.24, 2.45) is 0 Å². The third kappa shape index (κ3) is 3.60. The van der Waals surface area contributed by atoms with Gasteiger partial charge in [0.1, 0.15) is 0 Å². The summed E-state index contributed by atoms with van der Waals surface area (Å²) in [6.45, 7) is 0.842. The zero-order valence-electron chi connectivity index (χ0n) is 13.0. The molecule has 2 heterocycles. The van der Waals surface area contributed by atoms with E-state index in [9.17, 15) is 9.59 Å². The molecule has 8 nitrogen and oxygen atoms in total. The summed E-state index contributed by atoms with van der Waals surface area (Å²) < 4.78 is 5.28. The monoisotopic (exact) mass is 330 g/mol. The van der Waals surface area contributed by atoms with Crippen molar-refractivity contribution >= 4 is 11.9 Å². The van der Waals surface area contributed by atoms with Crippen molar-refractivity contribution < 1.29 is 19.4 Å². The Labute approximate surface area is 138 Å². The van der Waals surface area contributed by atoms with Gasteiger partial charge >= 0.3 is 5.97 Å². The first-order valence-electron chi connectivity index (χ1n) is 7.68. The molecule has 1 aromatic carbocycles. The molecule has 1 aliphatic heterocycles. The second-order valence-electron chi connectivity index (χ2n) is 5.77. The quantitative estimate of drug-likeness (QED) is 0.848. The number of aliphatic carboxylic acids is 1. The highest BCUT2D eigenvalue weighted by Crippen LogP contribution is 2.25. The Balaban J connectivity index is 1.76. The predicted octanol–water partition coefficient (Wildman–Crippen LogP) is 1.02. The molecule has 24 heavy (non-hydrogen) atoms. The number of nitrogens with one attached hydrogen (secondary N) is 1. The van der Waals surface area contributed by atoms with E-state index in [0.717, 1.165) is 5.69 Å². The van der Waals surface area contributed by atoms with Gasteiger partial charge < -0.3 is 15.2 Å². The fraction of sp³-hybridized carbons (Fsp3) is 0.375. The highest BCUT2D eigenvalue weighted by molar-refractivity contribution is 5.92. The third-order valence-electron chi connectivity index (χ3n) is 4.03. The topological polar surface area (TPSA) is 106 Å². The molecule has 0 atom stereocenters. The minimum Gasteiger partial charge on any atom is -0.481 e. The van der Waals surface area contributed by atoms with E-state index >= 15 is 0 Å². The van der Waals surface area contributed by atoms with Crippen LogP contribution in [0.2, 0.25) is 0 Å². The van der Waals surface area contributed by atoms with Gasteiger partial charge in [0.2, 0.25) is 0 Å². The molecular formula is C16H18N4O4. The molecule has 1 saturated heterocycles. The van der Waals surface area contributed by atoms with Crippen molar-refractivity contribution in [3.63, 3.8) is 0 Å². The molecule has 1 aliphatic rings. The highest BCUT2D eigenvalue weighted by atomic mass is 16.5. The van der Waals surface area contributed by atoms with Gasteiger partial charge in [0.15, 0.2) is 5.69 Å². The van der Waals surface area contributed by atoms with Crippen LogP contribution in [0.15, 0.2) is 36.5 Å². The largest absolute Gasteiger partial charge is 0.481 e. The number of hydrogen-bond acceptors (Lipinski definition) is 5. The number of carboxylic acid groups (broad SMARTS) is 1. The first-order valence-corrected chi connectivity index (χ1v) is 7.68. The second kappa shape index (κ2) is 6.79. The van der Waals surface area contributed by atoms with Crippen LogP contribution >= 0.6 is 0 Å². The average Bonchev–Trinajstić information content (AvgIpc) is 3.06. The van der Waals surface area contributed by atoms with Gasteiger partial charge in [-0.05, 0) is 25.0 Å². The number of carbonyl (C=O) groups is 2. The van der Waals surface area contributed by atoms with Crippen LogP contribution in [-0.4, -0.2) is 50.7 Å². The molecule has 0 bridgehead atoms. The van der Waals surface area contributed by atoms with Crippen LogP contribution in [0.25, 0.3) is 5.69 Å². The number of para-hydroxylation sites is 1. The number of hydrogen-bond donors (Lipinski definition) is 2. The molecule has 1 amide bonds. The number of aromatic nitrogens is 3. The number of nitrogens with zero attached hydrogens (tertiary/aromatic N) is 3. The number of rotatable bonds is 5. The minimum absolute atomic E-state index is 0.144. The number of carboxylic acids is 1. The average molecular weight is 330 g/mol. The lowest BCUT2D eigenvalue weighted by molar-refractivity contribution is -0.139. The molecule has 2 aromatic rings. The lowest BCUT2D eigenvalue weighted by Gasteiger charge is -2.36. The zero-order valence-corrected chi connectivity index (χ0v) is 13.0. The molecule has 0 saturated carbocycles. The Bertz CT molecular complexity index is 723. The molecule has 0 unspecified atom stereocenters. The first-order chi connectivity index (χ1) is 11.6. The van der Waals surface area contributed by atoms with E-state index in [2.05, 4.69) is 15.5 Å². The summed E-state index contributed by atoms with van der Waals surface area (Å²) >= 11 is 0. The van der Waals surface area contributed by atoms with Crippen molar-refractivity contribution in [3.05, 3.63) is 42.2 Å². The summed E-state index contributed by atoms with van der Waals surface area (Å²) in [4.78, 5) is 25.0. The van der Waals surface area contributed by atoms with Gasteiger partial charge in [-0.1, -0.05) is 18.2 Å². The summed E-state index contributed by atoms with van der Waals surface area (Å²) in [7, 11) is 0. The maximum Gasteiger partial charge on any atom is 0.305 e. The summed E-state index contributed by atoms with van der Waals surface area (Å²) in [5.41, 5.74) is 0.0792. The van der Waals surface area contributed by atoms with Crippen molar-refractivity contribution in [1.29, 1.82) is 0 Å². The van der Waals surface area contributed by atoms with E-state index in [-0.39, 0.29) is 12.1 Å². The van der Waals surface area contributed by atoms with E-state index < -0.39 is 17.4 Å². The van der Waals surface area contributed by atoms with Crippen molar-refractivity contribution in [1.82, 2.24) is 20.3 Å². The summed E-state index contributed by atoms with van der Waals surface area (Å²) in [5, 5.41) is 20.2. The maximum absolute atomic E-state index is 12.5. The maximum atomic E-state index is 12.5. The summed E-state index contributed by atoms with van der Waals surface area (Å²) in [6, 6.07) is 9.23. The molecule has 0 spiro atoms. The van der Waals surface area contributed by atoms with E-state index in [1.807, 2.05) is 30.3 Å². The van der Waals surface area contributed by atoms with Crippen LogP contribution < -0.4 is 5.32 Å². The zero-order chi connectivity index (χ0) is 17.0. The fourth-order valence-electron chi connectivity index (χ4n) is 2.76. The third-order valence-corrected chi connectivity index (χ3v) is 4.03. The molecule has 1 aromatic heterocycles. The molecule has 8 heteroatoms. The van der Waals surface area contributed by atoms with Crippen LogP contribution in [0.5, 0.6) is 0 Å². The van der Waals surface area contributed by atoms with Crippen LogP contribution in [0, 0.1) is 0 Å². The fourth-order valence-corrected chi connectivity index (χ4v) is 2.76. The highest BCUT2D eigenvalue weighted by Gasteiger charge is 2.37. The molecule has 0 aliphatic carbocycles. The number of ether oxygens (including phenoxy) is 1. The van der Waals surface area contributed by atoms with Gasteiger partial charge in [-0.25, -0.2) is 0 Å². The molecule has 126 valence electrons. The lowest BCUT2D eigenvalue weighted by Crippen LogP contribution is -2.53. The Morgan fingerprint density at radius 3 is 2.62 bits per heavy atom. The van der Waals surface area contributed by atoms with Crippen LogP contribution in [-0.2, 0) is 9.53 Å². The molecule has 3 rings (SSSR count). The SMILES string of the molecule is O=C(O)CC1(NC(=O)c2cnn(-c3ccccc3)n2)CCOCC1. The van der Waals surface area contributed by atoms with Gasteiger partial charge in [0.05, 0.1) is 23.8 Å². The normalized spacial score (nSPS) is 16.5. The Morgan fingerprint density at radius 1 is 1.25 bits per heavy atom. The second-order valence-corrected chi connectivity index (χ2v) is 5.77. The van der Waals surface area contributed by atoms with E-state index in [1.54, 1.807) is 0 Å². The summed E-state index contributed by atoms with van der Waals surface area (Å²) in [6.07, 6.45) is 2.14. The van der Waals surface area contributed by atoms with Gasteiger partial charge in [-0.15, -0.1) is 5.10 Å². The number of carbonyl (C=O) groups excluding carboxylic acids is 1. The van der Waals surface area contributed by atoms with Crippen LogP contribution in [0.4, 0.5) is 0 Å². The van der Waals surface area contributed by atoms with Gasteiger partial charge in [0, 0.05) is 13.2 Å². The van der Waals surface area contributed by atoms with Crippen LogP contribution in [0.3, 0.4) is 0 Å². The smallest absolute Gasteiger partial charge is 0.305 e. The van der Waals surface area contributed by atoms with Gasteiger partial charge in [-0.3, -0.25) is 9.59 Å². The van der Waals surface area contributed by atoms with E-state index in [1.165, 1.54) is 11.0 Å². The van der Waals surface area contributed by atoms with Gasteiger partial charge in [0.25, 0.3) is 5.91 Å². The Kier molecular flexibility index (Phi) is 4.57. The van der Waals surface area contributed by atoms with E-state index in [0.29, 0.717) is 26.1 Å². The lowest BCUT2D eigenvalue weighted by atomic mass is 9.86.